The molecule has 4 nitrogen and oxygen atoms in total. The zero-order chi connectivity index (χ0) is 14.1. The van der Waals surface area contributed by atoms with E-state index in [1.54, 1.807) is 7.11 Å². The number of hydrogen-bond acceptors (Lipinski definition) is 4. The zero-order valence-corrected chi connectivity index (χ0v) is 13.5. The van der Waals surface area contributed by atoms with Gasteiger partial charge in [-0.3, -0.25) is 4.90 Å². The van der Waals surface area contributed by atoms with Crippen LogP contribution < -0.4 is 4.74 Å². The van der Waals surface area contributed by atoms with Crippen molar-refractivity contribution in [3.63, 3.8) is 0 Å². The van der Waals surface area contributed by atoms with Crippen LogP contribution in [0.3, 0.4) is 0 Å². The standard InChI is InChI=1S/C16H23NO3.ClH/c1-3-6-17-7-8-20-16-12-10-15(19-2)14(18)9-11(12)4-5-13(16)17;/h9-10,13,16,18H,3-8H2,1-2H3;1H/t13-,16-;/m1./s1. The molecular weight excluding hydrogens is 290 g/mol. The fourth-order valence-corrected chi connectivity index (χ4v) is 3.54. The summed E-state index contributed by atoms with van der Waals surface area (Å²) in [5, 5.41) is 9.92. The van der Waals surface area contributed by atoms with Crippen LogP contribution in [0.25, 0.3) is 0 Å². The maximum atomic E-state index is 9.92. The predicted molar refractivity (Wildman–Crippen MR) is 84.6 cm³/mol. The van der Waals surface area contributed by atoms with Crippen LogP contribution in [0.2, 0.25) is 0 Å². The smallest absolute Gasteiger partial charge is 0.160 e. The van der Waals surface area contributed by atoms with Crippen LogP contribution in [0.1, 0.15) is 37.0 Å². The number of fused-ring (bicyclic) bond motifs is 3. The summed E-state index contributed by atoms with van der Waals surface area (Å²) in [6.45, 7) is 5.17. The molecule has 1 fully saturated rings. The molecule has 0 radical (unpaired) electrons. The molecule has 0 saturated carbocycles. The summed E-state index contributed by atoms with van der Waals surface area (Å²) in [5.74, 6) is 0.770. The predicted octanol–water partition coefficient (Wildman–Crippen LogP) is 2.92. The molecule has 0 spiro atoms. The average molecular weight is 314 g/mol. The van der Waals surface area contributed by atoms with Crippen LogP contribution in [0.4, 0.5) is 0 Å². The molecule has 0 bridgehead atoms. The molecule has 5 heteroatoms. The first-order chi connectivity index (χ1) is 9.74. The van der Waals surface area contributed by atoms with Crippen molar-refractivity contribution in [3.8, 4) is 11.5 Å². The minimum Gasteiger partial charge on any atom is -0.504 e. The molecule has 118 valence electrons. The lowest BCUT2D eigenvalue weighted by Crippen LogP contribution is -2.49. The summed E-state index contributed by atoms with van der Waals surface area (Å²) in [4.78, 5) is 2.55. The van der Waals surface area contributed by atoms with Crippen molar-refractivity contribution >= 4 is 12.4 Å². The van der Waals surface area contributed by atoms with Crippen LogP contribution in [-0.2, 0) is 11.2 Å². The van der Waals surface area contributed by atoms with Crippen LogP contribution in [0, 0.1) is 0 Å². The van der Waals surface area contributed by atoms with Crippen LogP contribution >= 0.6 is 12.4 Å². The lowest BCUT2D eigenvalue weighted by molar-refractivity contribution is -0.0802. The maximum Gasteiger partial charge on any atom is 0.160 e. The van der Waals surface area contributed by atoms with Crippen molar-refractivity contribution in [1.82, 2.24) is 4.90 Å². The summed E-state index contributed by atoms with van der Waals surface area (Å²) in [6, 6.07) is 4.26. The third kappa shape index (κ3) is 2.98. The average Bonchev–Trinajstić information content (AvgIpc) is 2.47. The Balaban J connectivity index is 0.00000161. The number of morpholine rings is 1. The molecule has 2 aliphatic rings. The molecule has 1 aromatic rings. The monoisotopic (exact) mass is 313 g/mol. The van der Waals surface area contributed by atoms with Gasteiger partial charge in [0.2, 0.25) is 0 Å². The fraction of sp³-hybridized carbons (Fsp3) is 0.625. The molecule has 0 amide bonds. The van der Waals surface area contributed by atoms with E-state index < -0.39 is 0 Å². The zero-order valence-electron chi connectivity index (χ0n) is 12.7. The van der Waals surface area contributed by atoms with Gasteiger partial charge in [-0.05, 0) is 49.1 Å². The Kier molecular flexibility index (Phi) is 5.36. The maximum absolute atomic E-state index is 9.92. The van der Waals surface area contributed by atoms with Crippen LogP contribution in [0.5, 0.6) is 11.5 Å². The van der Waals surface area contributed by atoms with Crippen LogP contribution in [0.15, 0.2) is 12.1 Å². The summed E-state index contributed by atoms with van der Waals surface area (Å²) >= 11 is 0. The summed E-state index contributed by atoms with van der Waals surface area (Å²) in [7, 11) is 1.59. The molecule has 1 saturated heterocycles. The second kappa shape index (κ2) is 6.86. The molecule has 2 atom stereocenters. The van der Waals surface area contributed by atoms with E-state index in [2.05, 4.69) is 11.8 Å². The van der Waals surface area contributed by atoms with Crippen LogP contribution in [-0.4, -0.2) is 42.9 Å². The lowest BCUT2D eigenvalue weighted by Gasteiger charge is -2.44. The second-order valence-corrected chi connectivity index (χ2v) is 5.66. The first kappa shape index (κ1) is 16.4. The van der Waals surface area contributed by atoms with Crippen molar-refractivity contribution in [2.45, 2.75) is 38.3 Å². The Morgan fingerprint density at radius 1 is 1.43 bits per heavy atom. The first-order valence-corrected chi connectivity index (χ1v) is 7.50. The second-order valence-electron chi connectivity index (χ2n) is 5.66. The van der Waals surface area contributed by atoms with Gasteiger partial charge in [0, 0.05) is 12.6 Å². The van der Waals surface area contributed by atoms with Gasteiger partial charge in [0.05, 0.1) is 19.8 Å². The van der Waals surface area contributed by atoms with Gasteiger partial charge in [-0.25, -0.2) is 0 Å². The molecule has 0 unspecified atom stereocenters. The summed E-state index contributed by atoms with van der Waals surface area (Å²) < 4.78 is 11.3. The molecule has 1 aliphatic heterocycles. The highest BCUT2D eigenvalue weighted by Crippen LogP contribution is 2.42. The Labute approximate surface area is 132 Å². The minimum absolute atomic E-state index is 0. The van der Waals surface area contributed by atoms with Gasteiger partial charge in [-0.15, -0.1) is 12.4 Å². The number of phenols is 1. The number of rotatable bonds is 3. The largest absolute Gasteiger partial charge is 0.504 e. The van der Waals surface area contributed by atoms with Crippen molar-refractivity contribution in [2.24, 2.45) is 0 Å². The SMILES string of the molecule is CCCN1CCO[C@@H]2c3cc(OC)c(O)cc3CC[C@H]21.Cl. The molecular formula is C16H24ClNO3. The van der Waals surface area contributed by atoms with E-state index in [1.165, 1.54) is 17.5 Å². The number of halogens is 1. The van der Waals surface area contributed by atoms with Gasteiger partial charge >= 0.3 is 0 Å². The highest BCUT2D eigenvalue weighted by atomic mass is 35.5. The molecule has 1 heterocycles. The van der Waals surface area contributed by atoms with E-state index in [9.17, 15) is 5.11 Å². The van der Waals surface area contributed by atoms with Gasteiger partial charge in [0.25, 0.3) is 0 Å². The lowest BCUT2D eigenvalue weighted by atomic mass is 9.83. The third-order valence-electron chi connectivity index (χ3n) is 4.46. The number of nitrogens with zero attached hydrogens (tertiary/aromatic N) is 1. The quantitative estimate of drug-likeness (QED) is 0.931. The summed E-state index contributed by atoms with van der Waals surface area (Å²) in [5.41, 5.74) is 2.39. The Hall–Kier alpha value is -0.970. The highest BCUT2D eigenvalue weighted by Gasteiger charge is 2.37. The van der Waals surface area contributed by atoms with Gasteiger partial charge in [-0.1, -0.05) is 6.92 Å². The molecule has 1 N–H and O–H groups in total. The number of ether oxygens (including phenoxy) is 2. The molecule has 1 aliphatic carbocycles. The van der Waals surface area contributed by atoms with Gasteiger partial charge in [-0.2, -0.15) is 0 Å². The third-order valence-corrected chi connectivity index (χ3v) is 4.46. The summed E-state index contributed by atoms with van der Waals surface area (Å²) in [6.07, 6.45) is 3.39. The topological polar surface area (TPSA) is 41.9 Å². The van der Waals surface area contributed by atoms with Gasteiger partial charge < -0.3 is 14.6 Å². The number of methoxy groups -OCH3 is 1. The number of benzene rings is 1. The Morgan fingerprint density at radius 2 is 2.24 bits per heavy atom. The van der Waals surface area contributed by atoms with E-state index in [0.717, 1.165) is 32.5 Å². The van der Waals surface area contributed by atoms with Crippen molar-refractivity contribution in [2.75, 3.05) is 26.8 Å². The van der Waals surface area contributed by atoms with E-state index in [-0.39, 0.29) is 24.3 Å². The Morgan fingerprint density at radius 3 is 2.95 bits per heavy atom. The fourth-order valence-electron chi connectivity index (χ4n) is 3.54. The van der Waals surface area contributed by atoms with Crippen molar-refractivity contribution in [3.05, 3.63) is 23.3 Å². The van der Waals surface area contributed by atoms with E-state index >= 15 is 0 Å². The number of aromatic hydroxyl groups is 1. The van der Waals surface area contributed by atoms with Crippen molar-refractivity contribution < 1.29 is 14.6 Å². The molecule has 21 heavy (non-hydrogen) atoms. The normalized spacial score (nSPS) is 24.7. The van der Waals surface area contributed by atoms with Gasteiger partial charge in [0.15, 0.2) is 11.5 Å². The van der Waals surface area contributed by atoms with Crippen molar-refractivity contribution in [1.29, 1.82) is 0 Å². The number of aryl methyl sites for hydroxylation is 1. The number of phenolic OH excluding ortho intramolecular Hbond substituents is 1. The van der Waals surface area contributed by atoms with Gasteiger partial charge in [0.1, 0.15) is 0 Å². The highest BCUT2D eigenvalue weighted by molar-refractivity contribution is 5.85. The molecule has 1 aromatic carbocycles. The number of hydrogen-bond donors (Lipinski definition) is 1. The molecule has 3 rings (SSSR count). The van der Waals surface area contributed by atoms with E-state index in [4.69, 9.17) is 9.47 Å². The first-order valence-electron chi connectivity index (χ1n) is 7.50. The van der Waals surface area contributed by atoms with E-state index in [0.29, 0.717) is 11.8 Å². The minimum atomic E-state index is 0. The van der Waals surface area contributed by atoms with E-state index in [1.807, 2.05) is 12.1 Å². The Bertz CT molecular complexity index is 493. The molecule has 0 aromatic heterocycles.